The molecule has 0 fully saturated rings. The van der Waals surface area contributed by atoms with Crippen molar-refractivity contribution < 1.29 is 13.7 Å². The molecular weight excluding hydrogens is 170 g/mol. The molecule has 1 aromatic rings. The maximum Gasteiger partial charge on any atom is 0.0626 e. The quantitative estimate of drug-likeness (QED) is 0.669. The summed E-state index contributed by atoms with van der Waals surface area (Å²) in [6, 6.07) is -4.77. The standard InChI is InChI=1S/C13H17N/c1-4-10-14(3)12(2)11-13-8-6-5-7-9-13/h1,5-9,12H,10-11H2,2-3H3/t12-/m1/s1/i3D3,5D,6D,7D,8D,9D,11D2. The van der Waals surface area contributed by atoms with Crippen molar-refractivity contribution in [1.82, 2.24) is 4.90 Å². The van der Waals surface area contributed by atoms with Gasteiger partial charge in [-0.15, -0.1) is 6.42 Å². The number of likely N-dealkylation sites (N-methyl/N-ethyl adjacent to an activating group) is 1. The first-order chi connectivity index (χ1) is 10.8. The third kappa shape index (κ3) is 3.24. The largest absolute Gasteiger partial charge is 0.292 e. The van der Waals surface area contributed by atoms with Crippen LogP contribution in [0.3, 0.4) is 0 Å². The summed E-state index contributed by atoms with van der Waals surface area (Å²) in [4.78, 5) is 0.744. The molecule has 1 rings (SSSR count). The van der Waals surface area contributed by atoms with Crippen LogP contribution in [0, 0.1) is 12.3 Å². The van der Waals surface area contributed by atoms with Gasteiger partial charge in [0.2, 0.25) is 0 Å². The Hall–Kier alpha value is -1.26. The van der Waals surface area contributed by atoms with Gasteiger partial charge in [-0.1, -0.05) is 36.1 Å². The first-order valence-corrected chi connectivity index (χ1v) is 4.06. The molecule has 0 aliphatic heterocycles. The number of terminal acetylenes is 1. The van der Waals surface area contributed by atoms with Crippen molar-refractivity contribution in [3.8, 4) is 12.3 Å². The summed E-state index contributed by atoms with van der Waals surface area (Å²) in [5, 5.41) is 0. The smallest absolute Gasteiger partial charge is 0.0626 e. The predicted molar refractivity (Wildman–Crippen MR) is 61.1 cm³/mol. The molecule has 0 bridgehead atoms. The van der Waals surface area contributed by atoms with E-state index in [0.717, 1.165) is 4.90 Å². The lowest BCUT2D eigenvalue weighted by molar-refractivity contribution is 0.287. The summed E-state index contributed by atoms with van der Waals surface area (Å²) >= 11 is 0. The molecule has 0 heterocycles. The minimum atomic E-state index is -2.70. The second-order valence-corrected chi connectivity index (χ2v) is 2.65. The van der Waals surface area contributed by atoms with Gasteiger partial charge in [0, 0.05) is 12.9 Å². The molecule has 1 atom stereocenters. The highest BCUT2D eigenvalue weighted by molar-refractivity contribution is 5.15. The van der Waals surface area contributed by atoms with Crippen LogP contribution in [0.15, 0.2) is 30.2 Å². The lowest BCUT2D eigenvalue weighted by atomic mass is 10.1. The summed E-state index contributed by atoms with van der Waals surface area (Å²) in [6.07, 6.45) is 2.61. The zero-order valence-corrected chi connectivity index (χ0v) is 7.81. The first-order valence-electron chi connectivity index (χ1n) is 9.06. The van der Waals surface area contributed by atoms with Gasteiger partial charge < -0.3 is 0 Å². The van der Waals surface area contributed by atoms with Gasteiger partial charge in [-0.05, 0) is 25.8 Å². The molecule has 0 aromatic heterocycles. The van der Waals surface area contributed by atoms with Crippen molar-refractivity contribution in [2.75, 3.05) is 13.5 Å². The maximum absolute atomic E-state index is 8.25. The fourth-order valence-corrected chi connectivity index (χ4v) is 0.844. The van der Waals surface area contributed by atoms with Crippen molar-refractivity contribution in [3.63, 3.8) is 0 Å². The summed E-state index contributed by atoms with van der Waals surface area (Å²) in [7, 11) is 0. The second-order valence-electron chi connectivity index (χ2n) is 2.65. The van der Waals surface area contributed by atoms with E-state index in [1.54, 1.807) is 0 Å². The topological polar surface area (TPSA) is 3.24 Å². The van der Waals surface area contributed by atoms with Gasteiger partial charge in [0.25, 0.3) is 0 Å². The molecule has 0 N–H and O–H groups in total. The highest BCUT2D eigenvalue weighted by atomic mass is 15.1. The lowest BCUT2D eigenvalue weighted by Gasteiger charge is -2.22. The van der Waals surface area contributed by atoms with Crippen LogP contribution in [0.1, 0.15) is 26.2 Å². The zero-order valence-electron chi connectivity index (χ0n) is 17.8. The lowest BCUT2D eigenvalue weighted by Crippen LogP contribution is -2.31. The number of benzene rings is 1. The molecule has 0 aliphatic rings. The van der Waals surface area contributed by atoms with Crippen LogP contribution in [0.25, 0.3) is 0 Å². The Morgan fingerprint density at radius 1 is 1.64 bits per heavy atom. The van der Waals surface area contributed by atoms with E-state index in [9.17, 15) is 0 Å². The van der Waals surface area contributed by atoms with Crippen LogP contribution in [-0.2, 0) is 6.37 Å². The highest BCUT2D eigenvalue weighted by Gasteiger charge is 2.07. The fraction of sp³-hybridized carbons (Fsp3) is 0.385. The van der Waals surface area contributed by atoms with Crippen LogP contribution in [0.5, 0.6) is 0 Å². The number of nitrogens with zero attached hydrogens (tertiary/aromatic N) is 1. The van der Waals surface area contributed by atoms with Gasteiger partial charge in [-0.25, -0.2) is 0 Å². The van der Waals surface area contributed by atoms with Crippen LogP contribution >= 0.6 is 0 Å². The molecule has 0 unspecified atom stereocenters. The van der Waals surface area contributed by atoms with Crippen LogP contribution in [0.4, 0.5) is 0 Å². The van der Waals surface area contributed by atoms with Gasteiger partial charge in [0.05, 0.1) is 13.4 Å². The second kappa shape index (κ2) is 5.47. The molecular formula is C13H17N. The number of hydrogen-bond acceptors (Lipinski definition) is 1. The van der Waals surface area contributed by atoms with Crippen molar-refractivity contribution in [3.05, 3.63) is 35.8 Å². The van der Waals surface area contributed by atoms with Crippen LogP contribution in [0.2, 0.25) is 0 Å². The van der Waals surface area contributed by atoms with E-state index in [2.05, 4.69) is 5.92 Å². The summed E-state index contributed by atoms with van der Waals surface area (Å²) in [6.45, 7) is -1.83. The van der Waals surface area contributed by atoms with Crippen molar-refractivity contribution in [1.29, 1.82) is 0 Å². The molecule has 1 nitrogen and oxygen atoms in total. The molecule has 0 aliphatic carbocycles. The third-order valence-electron chi connectivity index (χ3n) is 1.58. The Bertz CT molecular complexity index is 644. The third-order valence-corrected chi connectivity index (χ3v) is 1.58. The van der Waals surface area contributed by atoms with E-state index in [1.165, 1.54) is 6.92 Å². The Morgan fingerprint density at radius 3 is 2.93 bits per heavy atom. The molecule has 1 heteroatoms. The van der Waals surface area contributed by atoms with E-state index in [4.69, 9.17) is 20.1 Å². The Labute approximate surface area is 101 Å². The minimum Gasteiger partial charge on any atom is -0.292 e. The first kappa shape index (κ1) is 3.40. The Morgan fingerprint density at radius 2 is 2.36 bits per heavy atom. The van der Waals surface area contributed by atoms with Gasteiger partial charge >= 0.3 is 0 Å². The van der Waals surface area contributed by atoms with E-state index in [1.807, 2.05) is 0 Å². The minimum absolute atomic E-state index is 0.379. The molecule has 1 aromatic carbocycles. The highest BCUT2D eigenvalue weighted by Crippen LogP contribution is 2.06. The van der Waals surface area contributed by atoms with Gasteiger partial charge in [-0.3, -0.25) is 4.90 Å². The number of rotatable bonds is 4. The van der Waals surface area contributed by atoms with Gasteiger partial charge in [-0.2, -0.15) is 0 Å². The number of hydrogen-bond donors (Lipinski definition) is 0. The zero-order chi connectivity index (χ0) is 19.0. The molecule has 0 saturated carbocycles. The van der Waals surface area contributed by atoms with Crippen molar-refractivity contribution in [2.24, 2.45) is 0 Å². The van der Waals surface area contributed by atoms with E-state index in [0.29, 0.717) is 0 Å². The summed E-state index contributed by atoms with van der Waals surface area (Å²) in [5.74, 6) is 2.14. The van der Waals surface area contributed by atoms with Crippen molar-refractivity contribution >= 4 is 0 Å². The summed E-state index contributed by atoms with van der Waals surface area (Å²) < 4.78 is 77.5. The maximum atomic E-state index is 8.25. The van der Waals surface area contributed by atoms with E-state index < -0.39 is 55.2 Å². The molecule has 14 heavy (non-hydrogen) atoms. The van der Waals surface area contributed by atoms with Crippen LogP contribution in [-0.4, -0.2) is 24.5 Å². The van der Waals surface area contributed by atoms with Crippen LogP contribution < -0.4 is 0 Å². The van der Waals surface area contributed by atoms with Gasteiger partial charge in [0.15, 0.2) is 0 Å². The normalized spacial score (nSPS) is 24.6. The average Bonchev–Trinajstić information content (AvgIpc) is 2.46. The SMILES string of the molecule is [2H]c1c([2H])c([2H])c(C([2H])([2H])[C@@H](C)N(CC#C)C([2H])([2H])[2H])c([2H])c1[2H]. The van der Waals surface area contributed by atoms with Crippen molar-refractivity contribution in [2.45, 2.75) is 19.3 Å². The Balaban J connectivity index is 3.58. The monoisotopic (exact) mass is 197 g/mol. The average molecular weight is 197 g/mol. The molecule has 74 valence electrons. The molecule has 0 saturated heterocycles. The molecule has 0 amide bonds. The van der Waals surface area contributed by atoms with E-state index >= 15 is 0 Å². The Kier molecular flexibility index (Phi) is 1.33. The van der Waals surface area contributed by atoms with E-state index in [-0.39, 0.29) is 6.54 Å². The van der Waals surface area contributed by atoms with Gasteiger partial charge in [0.1, 0.15) is 0 Å². The molecule has 0 spiro atoms. The summed E-state index contributed by atoms with van der Waals surface area (Å²) in [5.41, 5.74) is -0.590. The molecule has 0 radical (unpaired) electrons. The fourth-order valence-electron chi connectivity index (χ4n) is 0.844. The predicted octanol–water partition coefficient (Wildman–Crippen LogP) is 2.18.